The van der Waals surface area contributed by atoms with Gasteiger partial charge in [-0.3, -0.25) is 4.72 Å². The smallest absolute Gasteiger partial charge is 0.339 e. The van der Waals surface area contributed by atoms with Gasteiger partial charge in [-0.25, -0.2) is 18.2 Å². The Morgan fingerprint density at radius 3 is 2.47 bits per heavy atom. The minimum atomic E-state index is -3.84. The summed E-state index contributed by atoms with van der Waals surface area (Å²) in [5.41, 5.74) is 0.960. The number of sulfonamides is 1. The van der Waals surface area contributed by atoms with E-state index in [9.17, 15) is 18.3 Å². The van der Waals surface area contributed by atoms with E-state index in [1.165, 1.54) is 37.6 Å². The summed E-state index contributed by atoms with van der Waals surface area (Å²) >= 11 is 0. The molecule has 1 aromatic heterocycles. The van der Waals surface area contributed by atoms with E-state index in [-0.39, 0.29) is 16.1 Å². The van der Waals surface area contributed by atoms with Crippen molar-refractivity contribution in [1.29, 1.82) is 0 Å². The Morgan fingerprint density at radius 2 is 1.81 bits per heavy atom. The van der Waals surface area contributed by atoms with Crippen LogP contribution in [0.4, 0.5) is 11.5 Å². The van der Waals surface area contributed by atoms with Crippen LogP contribution in [-0.2, 0) is 10.0 Å². The van der Waals surface area contributed by atoms with E-state index in [0.717, 1.165) is 44.6 Å². The zero-order valence-corrected chi connectivity index (χ0v) is 19.1. The Bertz CT molecular complexity index is 1080. The van der Waals surface area contributed by atoms with E-state index in [2.05, 4.69) is 14.6 Å². The van der Waals surface area contributed by atoms with Crippen molar-refractivity contribution in [2.45, 2.75) is 50.0 Å². The second-order valence-electron chi connectivity index (χ2n) is 8.64. The molecule has 172 valence electrons. The van der Waals surface area contributed by atoms with Crippen LogP contribution in [0.15, 0.2) is 41.4 Å². The average Bonchev–Trinajstić information content (AvgIpc) is 2.79. The molecule has 0 atom stereocenters. The molecule has 0 radical (unpaired) electrons. The van der Waals surface area contributed by atoms with Gasteiger partial charge in [-0.1, -0.05) is 18.6 Å². The summed E-state index contributed by atoms with van der Waals surface area (Å²) in [6.45, 7) is 5.59. The zero-order valence-electron chi connectivity index (χ0n) is 18.3. The summed E-state index contributed by atoms with van der Waals surface area (Å²) in [6.07, 6.45) is 7.16. The normalized spacial score (nSPS) is 18.5. The van der Waals surface area contributed by atoms with E-state index in [1.807, 2.05) is 17.9 Å². The van der Waals surface area contributed by atoms with E-state index in [0.29, 0.717) is 11.9 Å². The van der Waals surface area contributed by atoms with Crippen LogP contribution in [0.25, 0.3) is 0 Å². The predicted octanol–water partition coefficient (Wildman–Crippen LogP) is 3.34. The van der Waals surface area contributed by atoms with E-state index < -0.39 is 16.0 Å². The first-order chi connectivity index (χ1) is 15.3. The summed E-state index contributed by atoms with van der Waals surface area (Å²) in [7, 11) is -3.84. The number of carboxylic acid groups (broad SMARTS) is 1. The number of aromatic nitrogens is 1. The molecule has 9 heteroatoms. The molecule has 8 nitrogen and oxygen atoms in total. The lowest BCUT2D eigenvalue weighted by molar-refractivity contribution is 0.0697. The molecule has 2 aliphatic heterocycles. The number of carboxylic acids is 1. The molecule has 0 unspecified atom stereocenters. The van der Waals surface area contributed by atoms with E-state index >= 15 is 0 Å². The highest BCUT2D eigenvalue weighted by Crippen LogP contribution is 2.28. The molecule has 2 fully saturated rings. The average molecular weight is 459 g/mol. The van der Waals surface area contributed by atoms with E-state index in [1.54, 1.807) is 12.1 Å². The Kier molecular flexibility index (Phi) is 6.66. The van der Waals surface area contributed by atoms with Crippen LogP contribution in [-0.4, -0.2) is 61.6 Å². The molecule has 0 amide bonds. The Hall–Kier alpha value is -2.65. The van der Waals surface area contributed by atoms with Crippen molar-refractivity contribution in [3.8, 4) is 0 Å². The van der Waals surface area contributed by atoms with Crippen LogP contribution >= 0.6 is 0 Å². The molecule has 2 saturated heterocycles. The number of rotatable bonds is 6. The monoisotopic (exact) mass is 458 g/mol. The number of nitrogens with zero attached hydrogens (tertiary/aromatic N) is 3. The molecular weight excluding hydrogens is 428 g/mol. The molecule has 2 N–H and O–H groups in total. The largest absolute Gasteiger partial charge is 0.478 e. The number of anilines is 2. The van der Waals surface area contributed by atoms with Crippen molar-refractivity contribution in [3.63, 3.8) is 0 Å². The van der Waals surface area contributed by atoms with E-state index in [4.69, 9.17) is 0 Å². The summed E-state index contributed by atoms with van der Waals surface area (Å²) in [5.74, 6) is -0.727. The first-order valence-corrected chi connectivity index (χ1v) is 12.6. The predicted molar refractivity (Wildman–Crippen MR) is 124 cm³/mol. The second-order valence-corrected chi connectivity index (χ2v) is 10.3. The third kappa shape index (κ3) is 5.05. The molecule has 0 aliphatic carbocycles. The number of hydrogen-bond donors (Lipinski definition) is 2. The molecule has 0 spiro atoms. The van der Waals surface area contributed by atoms with Gasteiger partial charge < -0.3 is 14.9 Å². The lowest BCUT2D eigenvalue weighted by atomic mass is 9.99. The fourth-order valence-electron chi connectivity index (χ4n) is 4.65. The molecule has 0 saturated carbocycles. The maximum Gasteiger partial charge on any atom is 0.339 e. The molecule has 0 bridgehead atoms. The van der Waals surface area contributed by atoms with Gasteiger partial charge in [-0.15, -0.1) is 0 Å². The van der Waals surface area contributed by atoms with Gasteiger partial charge in [0.05, 0.1) is 16.8 Å². The first kappa shape index (κ1) is 22.5. The number of pyridine rings is 1. The lowest BCUT2D eigenvalue weighted by Crippen LogP contribution is -2.47. The Balaban J connectivity index is 1.49. The summed E-state index contributed by atoms with van der Waals surface area (Å²) in [5, 5.41) is 9.78. The number of likely N-dealkylation sites (tertiary alicyclic amines) is 1. The van der Waals surface area contributed by atoms with Crippen LogP contribution < -0.4 is 9.62 Å². The minimum absolute atomic E-state index is 0.00543. The van der Waals surface area contributed by atoms with Crippen molar-refractivity contribution < 1.29 is 18.3 Å². The highest BCUT2D eigenvalue weighted by Gasteiger charge is 2.28. The van der Waals surface area contributed by atoms with Crippen molar-refractivity contribution in [1.82, 2.24) is 9.88 Å². The van der Waals surface area contributed by atoms with Crippen LogP contribution in [0.5, 0.6) is 0 Å². The SMILES string of the molecule is Cc1cccc(S(=O)(=O)Nc2cnc(N3CCC(N4CCCCC4)CC3)c(C(=O)O)c2)c1. The van der Waals surface area contributed by atoms with Gasteiger partial charge >= 0.3 is 5.97 Å². The Morgan fingerprint density at radius 1 is 1.09 bits per heavy atom. The third-order valence-electron chi connectivity index (χ3n) is 6.32. The zero-order chi connectivity index (χ0) is 22.7. The quantitative estimate of drug-likeness (QED) is 0.684. The standard InChI is InChI=1S/C23H30N4O4S/c1-17-6-5-7-20(14-17)32(30,31)25-18-15-21(23(28)29)22(24-16-18)27-12-8-19(9-13-27)26-10-3-2-4-11-26/h5-7,14-16,19,25H,2-4,8-13H2,1H3,(H,28,29). The van der Waals surface area contributed by atoms with Crippen LogP contribution in [0.2, 0.25) is 0 Å². The van der Waals surface area contributed by atoms with Crippen molar-refractivity contribution >= 4 is 27.5 Å². The van der Waals surface area contributed by atoms with Crippen molar-refractivity contribution in [3.05, 3.63) is 47.7 Å². The molecule has 3 heterocycles. The van der Waals surface area contributed by atoms with Gasteiger partial charge in [0.25, 0.3) is 10.0 Å². The van der Waals surface area contributed by atoms with Gasteiger partial charge in [0, 0.05) is 19.1 Å². The minimum Gasteiger partial charge on any atom is -0.478 e. The maximum absolute atomic E-state index is 12.7. The van der Waals surface area contributed by atoms with Gasteiger partial charge in [0.15, 0.2) is 0 Å². The number of aryl methyl sites for hydroxylation is 1. The molecular formula is C23H30N4O4S. The number of hydrogen-bond acceptors (Lipinski definition) is 6. The topological polar surface area (TPSA) is 103 Å². The van der Waals surface area contributed by atoms with Crippen molar-refractivity contribution in [2.75, 3.05) is 35.8 Å². The lowest BCUT2D eigenvalue weighted by Gasteiger charge is -2.40. The van der Waals surface area contributed by atoms with Crippen molar-refractivity contribution in [2.24, 2.45) is 0 Å². The third-order valence-corrected chi connectivity index (χ3v) is 7.70. The summed E-state index contributed by atoms with van der Waals surface area (Å²) in [4.78, 5) is 21.0. The summed E-state index contributed by atoms with van der Waals surface area (Å²) in [6, 6.07) is 8.44. The molecule has 1 aromatic carbocycles. The maximum atomic E-state index is 12.7. The van der Waals surface area contributed by atoms with Gasteiger partial charge in [0.2, 0.25) is 0 Å². The number of nitrogens with one attached hydrogen (secondary N) is 1. The fourth-order valence-corrected chi connectivity index (χ4v) is 5.78. The highest BCUT2D eigenvalue weighted by molar-refractivity contribution is 7.92. The molecule has 2 aromatic rings. The Labute approximate surface area is 189 Å². The van der Waals surface area contributed by atoms with Gasteiger partial charge in [0.1, 0.15) is 11.4 Å². The highest BCUT2D eigenvalue weighted by atomic mass is 32.2. The summed E-state index contributed by atoms with van der Waals surface area (Å²) < 4.78 is 27.9. The van der Waals surface area contributed by atoms with Crippen LogP contribution in [0.3, 0.4) is 0 Å². The number of aromatic carboxylic acids is 1. The number of benzene rings is 1. The first-order valence-electron chi connectivity index (χ1n) is 11.2. The molecule has 32 heavy (non-hydrogen) atoms. The van der Waals surface area contributed by atoms with Gasteiger partial charge in [-0.05, 0) is 69.5 Å². The van der Waals surface area contributed by atoms with Gasteiger partial charge in [-0.2, -0.15) is 0 Å². The molecule has 4 rings (SSSR count). The second kappa shape index (κ2) is 9.46. The number of piperidine rings is 2. The van der Waals surface area contributed by atoms with Crippen LogP contribution in [0, 0.1) is 6.92 Å². The number of carbonyl (C=O) groups is 1. The van der Waals surface area contributed by atoms with Crippen LogP contribution in [0.1, 0.15) is 48.0 Å². The molecule has 2 aliphatic rings. The fraction of sp³-hybridized carbons (Fsp3) is 0.478.